The zero-order valence-corrected chi connectivity index (χ0v) is 14.5. The van der Waals surface area contributed by atoms with E-state index >= 15 is 0 Å². The summed E-state index contributed by atoms with van der Waals surface area (Å²) in [4.78, 5) is 0. The maximum absolute atomic E-state index is 10.1. The second-order valence-electron chi connectivity index (χ2n) is 5.39. The SMILES string of the molecule is COCOCc1cc(Oc2ccc(C#N)cc2)cc(C)c1B(O)OC. The van der Waals surface area contributed by atoms with Crippen molar-refractivity contribution in [3.63, 3.8) is 0 Å². The number of ether oxygens (including phenoxy) is 3. The topological polar surface area (TPSA) is 80.9 Å². The smallest absolute Gasteiger partial charge is 0.457 e. The van der Waals surface area contributed by atoms with Crippen molar-refractivity contribution in [1.29, 1.82) is 5.26 Å². The van der Waals surface area contributed by atoms with Gasteiger partial charge >= 0.3 is 7.12 Å². The van der Waals surface area contributed by atoms with E-state index in [4.69, 9.17) is 24.1 Å². The van der Waals surface area contributed by atoms with Crippen molar-refractivity contribution in [2.45, 2.75) is 13.5 Å². The molecule has 0 aliphatic heterocycles. The lowest BCUT2D eigenvalue weighted by Gasteiger charge is -2.17. The number of hydrogen-bond acceptors (Lipinski definition) is 6. The summed E-state index contributed by atoms with van der Waals surface area (Å²) in [6.45, 7) is 2.25. The summed E-state index contributed by atoms with van der Waals surface area (Å²) in [6, 6.07) is 12.5. The van der Waals surface area contributed by atoms with Crippen molar-refractivity contribution >= 4 is 12.6 Å². The van der Waals surface area contributed by atoms with Gasteiger partial charge in [-0.3, -0.25) is 0 Å². The van der Waals surface area contributed by atoms with Crippen molar-refractivity contribution in [2.24, 2.45) is 0 Å². The van der Waals surface area contributed by atoms with E-state index in [0.717, 1.165) is 11.1 Å². The van der Waals surface area contributed by atoms with Crippen LogP contribution in [0.2, 0.25) is 0 Å². The first kappa shape index (κ1) is 19.0. The molecule has 2 aromatic carbocycles. The molecule has 0 spiro atoms. The van der Waals surface area contributed by atoms with Gasteiger partial charge in [-0.2, -0.15) is 5.26 Å². The van der Waals surface area contributed by atoms with Gasteiger partial charge in [0.25, 0.3) is 0 Å². The maximum Gasteiger partial charge on any atom is 0.491 e. The number of benzene rings is 2. The molecule has 0 unspecified atom stereocenters. The van der Waals surface area contributed by atoms with E-state index in [1.165, 1.54) is 7.11 Å². The van der Waals surface area contributed by atoms with Crippen molar-refractivity contribution < 1.29 is 23.9 Å². The predicted molar refractivity (Wildman–Crippen MR) is 93.7 cm³/mol. The molecule has 130 valence electrons. The van der Waals surface area contributed by atoms with Crippen LogP contribution in [0.15, 0.2) is 36.4 Å². The summed E-state index contributed by atoms with van der Waals surface area (Å²) in [5.74, 6) is 1.22. The molecule has 0 fully saturated rings. The lowest BCUT2D eigenvalue weighted by atomic mass is 9.73. The Bertz CT molecular complexity index is 742. The molecule has 2 rings (SSSR count). The van der Waals surface area contributed by atoms with Gasteiger partial charge in [0, 0.05) is 14.2 Å². The predicted octanol–water partition coefficient (Wildman–Crippen LogP) is 2.11. The molecule has 0 saturated carbocycles. The highest BCUT2D eigenvalue weighted by Crippen LogP contribution is 2.24. The van der Waals surface area contributed by atoms with E-state index in [1.807, 2.05) is 13.0 Å². The minimum atomic E-state index is -1.05. The minimum absolute atomic E-state index is 0.141. The molecule has 0 saturated heterocycles. The fourth-order valence-electron chi connectivity index (χ4n) is 2.45. The Morgan fingerprint density at radius 3 is 2.44 bits per heavy atom. The maximum atomic E-state index is 10.1. The zero-order valence-electron chi connectivity index (χ0n) is 14.5. The van der Waals surface area contributed by atoms with E-state index in [1.54, 1.807) is 37.4 Å². The zero-order chi connectivity index (χ0) is 18.2. The molecule has 0 aliphatic rings. The highest BCUT2D eigenvalue weighted by Gasteiger charge is 2.22. The fourth-order valence-corrected chi connectivity index (χ4v) is 2.45. The van der Waals surface area contributed by atoms with Crippen LogP contribution in [0.4, 0.5) is 0 Å². The monoisotopic (exact) mass is 341 g/mol. The van der Waals surface area contributed by atoms with Crippen molar-refractivity contribution in [3.8, 4) is 17.6 Å². The van der Waals surface area contributed by atoms with Crippen LogP contribution in [0.1, 0.15) is 16.7 Å². The number of rotatable bonds is 8. The summed E-state index contributed by atoms with van der Waals surface area (Å²) in [7, 11) is 1.93. The van der Waals surface area contributed by atoms with Crippen molar-refractivity contribution in [3.05, 3.63) is 53.1 Å². The van der Waals surface area contributed by atoms with Crippen LogP contribution in [-0.4, -0.2) is 33.2 Å². The van der Waals surface area contributed by atoms with Crippen LogP contribution in [0, 0.1) is 18.3 Å². The Kier molecular flexibility index (Phi) is 6.98. The van der Waals surface area contributed by atoms with Crippen LogP contribution in [-0.2, 0) is 20.7 Å². The summed E-state index contributed by atoms with van der Waals surface area (Å²) >= 11 is 0. The highest BCUT2D eigenvalue weighted by atomic mass is 16.7. The third kappa shape index (κ3) is 5.05. The third-order valence-electron chi connectivity index (χ3n) is 3.59. The average molecular weight is 341 g/mol. The third-order valence-corrected chi connectivity index (χ3v) is 3.59. The van der Waals surface area contributed by atoms with Crippen molar-refractivity contribution in [2.75, 3.05) is 21.0 Å². The van der Waals surface area contributed by atoms with Gasteiger partial charge in [-0.05, 0) is 59.9 Å². The molecule has 0 atom stereocenters. The lowest BCUT2D eigenvalue weighted by molar-refractivity contribution is -0.0389. The summed E-state index contributed by atoms with van der Waals surface area (Å²) in [6.07, 6.45) is 0. The van der Waals surface area contributed by atoms with E-state index in [2.05, 4.69) is 6.07 Å². The molecule has 0 aliphatic carbocycles. The second kappa shape index (κ2) is 9.21. The van der Waals surface area contributed by atoms with E-state index in [-0.39, 0.29) is 13.4 Å². The van der Waals surface area contributed by atoms with Gasteiger partial charge in [0.2, 0.25) is 0 Å². The Hall–Kier alpha value is -2.37. The molecule has 25 heavy (non-hydrogen) atoms. The number of methoxy groups -OCH3 is 1. The van der Waals surface area contributed by atoms with Crippen LogP contribution in [0.5, 0.6) is 11.5 Å². The van der Waals surface area contributed by atoms with Crippen LogP contribution >= 0.6 is 0 Å². The quantitative estimate of drug-likeness (QED) is 0.450. The summed E-state index contributed by atoms with van der Waals surface area (Å²) < 4.78 is 21.2. The second-order valence-corrected chi connectivity index (χ2v) is 5.39. The highest BCUT2D eigenvalue weighted by molar-refractivity contribution is 6.61. The molecule has 1 N–H and O–H groups in total. The fraction of sp³-hybridized carbons (Fsp3) is 0.278. The largest absolute Gasteiger partial charge is 0.491 e. The standard InChI is InChI=1S/C18H20BNO5/c1-13-8-17(25-16-6-4-14(10-20)5-7-16)9-15(11-24-12-22-2)18(13)19(21)23-3/h4-9,21H,11-12H2,1-3H3. The first-order chi connectivity index (χ1) is 12.1. The van der Waals surface area contributed by atoms with Gasteiger partial charge in [-0.25, -0.2) is 0 Å². The molecule has 0 heterocycles. The molecule has 7 heteroatoms. The van der Waals surface area contributed by atoms with Crippen LogP contribution < -0.4 is 10.2 Å². The van der Waals surface area contributed by atoms with E-state index < -0.39 is 7.12 Å². The molecule has 0 aromatic heterocycles. The minimum Gasteiger partial charge on any atom is -0.457 e. The molecule has 0 radical (unpaired) electrons. The van der Waals surface area contributed by atoms with Crippen molar-refractivity contribution in [1.82, 2.24) is 0 Å². The number of hydrogen-bond donors (Lipinski definition) is 1. The number of nitrogens with zero attached hydrogens (tertiary/aromatic N) is 1. The lowest BCUT2D eigenvalue weighted by Crippen LogP contribution is -2.37. The van der Waals surface area contributed by atoms with E-state index in [9.17, 15) is 5.02 Å². The molecule has 6 nitrogen and oxygen atoms in total. The van der Waals surface area contributed by atoms with Gasteiger partial charge in [-0.15, -0.1) is 0 Å². The van der Waals surface area contributed by atoms with Gasteiger partial charge in [-0.1, -0.05) is 0 Å². The molecular formula is C18H20BNO5. The summed E-state index contributed by atoms with van der Waals surface area (Å²) in [5, 5.41) is 19.0. The Balaban J connectivity index is 2.30. The average Bonchev–Trinajstić information content (AvgIpc) is 2.62. The number of aryl methyl sites for hydroxylation is 1. The first-order valence-corrected chi connectivity index (χ1v) is 7.68. The first-order valence-electron chi connectivity index (χ1n) is 7.68. The number of nitriles is 1. The van der Waals surface area contributed by atoms with Gasteiger partial charge in [0.1, 0.15) is 18.3 Å². The Morgan fingerprint density at radius 1 is 1.12 bits per heavy atom. The van der Waals surface area contributed by atoms with Gasteiger partial charge in [0.15, 0.2) is 0 Å². The molecule has 0 bridgehead atoms. The molecular weight excluding hydrogens is 321 g/mol. The molecule has 0 amide bonds. The van der Waals surface area contributed by atoms with Crippen LogP contribution in [0.3, 0.4) is 0 Å². The van der Waals surface area contributed by atoms with Gasteiger partial charge < -0.3 is 23.9 Å². The van der Waals surface area contributed by atoms with Gasteiger partial charge in [0.05, 0.1) is 18.2 Å². The Labute approximate surface area is 147 Å². The Morgan fingerprint density at radius 2 is 1.84 bits per heavy atom. The summed E-state index contributed by atoms with van der Waals surface area (Å²) in [5.41, 5.74) is 2.77. The van der Waals surface area contributed by atoms with Crippen LogP contribution in [0.25, 0.3) is 0 Å². The molecule has 2 aromatic rings. The van der Waals surface area contributed by atoms with E-state index in [0.29, 0.717) is 22.5 Å². The normalized spacial score (nSPS) is 10.4.